The van der Waals surface area contributed by atoms with Crippen molar-refractivity contribution in [1.29, 1.82) is 0 Å². The van der Waals surface area contributed by atoms with Gasteiger partial charge in [-0.25, -0.2) is 8.78 Å². The molecule has 0 heterocycles. The minimum atomic E-state index is -0.746. The molecule has 0 aliphatic heterocycles. The predicted octanol–water partition coefficient (Wildman–Crippen LogP) is 7.92. The quantitative estimate of drug-likeness (QED) is 0.494. The van der Waals surface area contributed by atoms with E-state index in [2.05, 4.69) is 31.2 Å². The Morgan fingerprint density at radius 3 is 2.36 bits per heavy atom. The van der Waals surface area contributed by atoms with Gasteiger partial charge in [-0.05, 0) is 84.3 Å². The average Bonchev–Trinajstić information content (AvgIpc) is 2.75. The van der Waals surface area contributed by atoms with Gasteiger partial charge in [0.2, 0.25) is 0 Å². The van der Waals surface area contributed by atoms with Gasteiger partial charge >= 0.3 is 0 Å². The van der Waals surface area contributed by atoms with E-state index in [1.807, 2.05) is 6.08 Å². The molecule has 0 nitrogen and oxygen atoms in total. The largest absolute Gasteiger partial charge is 0.204 e. The van der Waals surface area contributed by atoms with Gasteiger partial charge in [-0.2, -0.15) is 0 Å². The van der Waals surface area contributed by atoms with Crippen molar-refractivity contribution in [1.82, 2.24) is 0 Å². The fraction of sp³-hybridized carbons (Fsp3) is 0.462. The highest BCUT2D eigenvalue weighted by molar-refractivity contribution is 5.84. The Hall–Kier alpha value is -1.96. The Balaban J connectivity index is 1.44. The molecule has 2 aliphatic rings. The molecular weight excluding hydrogens is 350 g/mol. The van der Waals surface area contributed by atoms with Gasteiger partial charge in [0.15, 0.2) is 11.6 Å². The van der Waals surface area contributed by atoms with Crippen LogP contribution >= 0.6 is 0 Å². The third kappa shape index (κ3) is 4.06. The number of halogens is 2. The maximum Gasteiger partial charge on any atom is 0.162 e. The Bertz CT molecular complexity index is 839. The number of fused-ring (bicyclic) bond motifs is 1. The lowest BCUT2D eigenvalue weighted by Crippen LogP contribution is -2.13. The molecule has 0 N–H and O–H groups in total. The summed E-state index contributed by atoms with van der Waals surface area (Å²) in [6, 6.07) is 11.9. The maximum absolute atomic E-state index is 14.0. The van der Waals surface area contributed by atoms with E-state index >= 15 is 0 Å². The van der Waals surface area contributed by atoms with Gasteiger partial charge in [0.1, 0.15) is 0 Å². The third-order valence-electron chi connectivity index (χ3n) is 6.77. The van der Waals surface area contributed by atoms with Crippen molar-refractivity contribution >= 4 is 11.6 Å². The van der Waals surface area contributed by atoms with Crippen molar-refractivity contribution in [3.8, 4) is 0 Å². The van der Waals surface area contributed by atoms with Gasteiger partial charge in [-0.15, -0.1) is 0 Å². The molecule has 2 aliphatic carbocycles. The first-order valence-corrected chi connectivity index (χ1v) is 10.9. The summed E-state index contributed by atoms with van der Waals surface area (Å²) in [6.07, 6.45) is 12.8. The Kier molecular flexibility index (Phi) is 5.94. The summed E-state index contributed by atoms with van der Waals surface area (Å²) in [7, 11) is 0. The highest BCUT2D eigenvalue weighted by Gasteiger charge is 2.22. The van der Waals surface area contributed by atoms with Crippen LogP contribution in [0.15, 0.2) is 36.4 Å². The van der Waals surface area contributed by atoms with E-state index in [9.17, 15) is 8.78 Å². The number of rotatable bonds is 5. The molecular formula is C26H30F2. The average molecular weight is 381 g/mol. The van der Waals surface area contributed by atoms with Crippen molar-refractivity contribution in [2.75, 3.05) is 0 Å². The molecule has 4 rings (SSSR count). The second-order valence-electron chi connectivity index (χ2n) is 8.58. The fourth-order valence-electron chi connectivity index (χ4n) is 4.99. The summed E-state index contributed by atoms with van der Waals surface area (Å²) in [6.45, 7) is 2.28. The molecule has 2 heteroatoms. The van der Waals surface area contributed by atoms with Crippen LogP contribution in [0.1, 0.15) is 86.5 Å². The highest BCUT2D eigenvalue weighted by Crippen LogP contribution is 2.38. The van der Waals surface area contributed by atoms with E-state index in [1.54, 1.807) is 6.07 Å². The molecule has 0 spiro atoms. The fourth-order valence-corrected chi connectivity index (χ4v) is 4.99. The van der Waals surface area contributed by atoms with Crippen LogP contribution in [0.3, 0.4) is 0 Å². The van der Waals surface area contributed by atoms with Crippen LogP contribution in [-0.4, -0.2) is 0 Å². The second-order valence-corrected chi connectivity index (χ2v) is 8.58. The van der Waals surface area contributed by atoms with E-state index in [4.69, 9.17) is 0 Å². The van der Waals surface area contributed by atoms with E-state index in [0.717, 1.165) is 17.9 Å². The van der Waals surface area contributed by atoms with E-state index in [-0.39, 0.29) is 0 Å². The van der Waals surface area contributed by atoms with Crippen LogP contribution < -0.4 is 0 Å². The summed E-state index contributed by atoms with van der Waals surface area (Å²) in [5, 5.41) is 0. The van der Waals surface area contributed by atoms with E-state index in [1.165, 1.54) is 67.7 Å². The van der Waals surface area contributed by atoms with Gasteiger partial charge < -0.3 is 0 Å². The molecule has 0 unspecified atom stereocenters. The molecule has 28 heavy (non-hydrogen) atoms. The lowest BCUT2D eigenvalue weighted by Gasteiger charge is -2.29. The lowest BCUT2D eigenvalue weighted by atomic mass is 9.77. The normalized spacial score (nSPS) is 21.9. The second kappa shape index (κ2) is 8.59. The number of hydrogen-bond donors (Lipinski definition) is 0. The first-order chi connectivity index (χ1) is 13.7. The third-order valence-corrected chi connectivity index (χ3v) is 6.77. The van der Waals surface area contributed by atoms with Crippen molar-refractivity contribution in [3.05, 3.63) is 70.3 Å². The molecule has 148 valence electrons. The van der Waals surface area contributed by atoms with Crippen LogP contribution in [-0.2, 0) is 6.42 Å². The van der Waals surface area contributed by atoms with Gasteiger partial charge in [-0.1, -0.05) is 62.6 Å². The Morgan fingerprint density at radius 2 is 1.64 bits per heavy atom. The molecule has 2 aromatic carbocycles. The van der Waals surface area contributed by atoms with Gasteiger partial charge in [0.25, 0.3) is 0 Å². The molecule has 1 fully saturated rings. The predicted molar refractivity (Wildman–Crippen MR) is 113 cm³/mol. The summed E-state index contributed by atoms with van der Waals surface area (Å²) in [4.78, 5) is 0. The van der Waals surface area contributed by atoms with Crippen molar-refractivity contribution in [2.24, 2.45) is 5.92 Å². The molecule has 1 saturated carbocycles. The SMILES string of the molecule is CCCCC1CCC(c2ccc(C3=Cc4ccc(F)c(F)c4CC3)cc2)CC1. The minimum Gasteiger partial charge on any atom is -0.204 e. The molecule has 0 amide bonds. The topological polar surface area (TPSA) is 0 Å². The van der Waals surface area contributed by atoms with Crippen LogP contribution in [0.5, 0.6) is 0 Å². The smallest absolute Gasteiger partial charge is 0.162 e. The number of unbranched alkanes of at least 4 members (excludes halogenated alkanes) is 1. The lowest BCUT2D eigenvalue weighted by molar-refractivity contribution is 0.304. The first-order valence-electron chi connectivity index (χ1n) is 10.9. The maximum atomic E-state index is 14.0. The van der Waals surface area contributed by atoms with Crippen molar-refractivity contribution in [3.63, 3.8) is 0 Å². The van der Waals surface area contributed by atoms with E-state index < -0.39 is 11.6 Å². The summed E-state index contributed by atoms with van der Waals surface area (Å²) < 4.78 is 27.4. The zero-order valence-corrected chi connectivity index (χ0v) is 16.8. The zero-order valence-electron chi connectivity index (χ0n) is 16.8. The first kappa shape index (κ1) is 19.4. The van der Waals surface area contributed by atoms with E-state index in [0.29, 0.717) is 17.9 Å². The standard InChI is InChI=1S/C26H30F2/c1-2-3-4-18-5-7-19(8-6-18)20-9-11-21(12-10-20)22-13-15-24-23(17-22)14-16-25(27)26(24)28/h9-12,14,16-19H,2-8,13,15H2,1H3. The molecule has 0 saturated heterocycles. The van der Waals surface area contributed by atoms with Crippen molar-refractivity contribution < 1.29 is 8.78 Å². The number of benzene rings is 2. The van der Waals surface area contributed by atoms with Gasteiger partial charge in [0.05, 0.1) is 0 Å². The Labute approximate surface area is 167 Å². The minimum absolute atomic E-state index is 0.514. The Morgan fingerprint density at radius 1 is 0.893 bits per heavy atom. The number of allylic oxidation sites excluding steroid dienone is 1. The molecule has 2 aromatic rings. The zero-order chi connectivity index (χ0) is 19.5. The van der Waals surface area contributed by atoms with Crippen LogP contribution in [0.2, 0.25) is 0 Å². The van der Waals surface area contributed by atoms with Crippen molar-refractivity contribution in [2.45, 2.75) is 70.6 Å². The molecule has 0 radical (unpaired) electrons. The molecule has 0 bridgehead atoms. The molecule has 0 atom stereocenters. The van der Waals surface area contributed by atoms with Crippen LogP contribution in [0.4, 0.5) is 8.78 Å². The highest BCUT2D eigenvalue weighted by atomic mass is 19.2. The summed E-state index contributed by atoms with van der Waals surface area (Å²) in [5.74, 6) is 0.209. The van der Waals surface area contributed by atoms with Crippen LogP contribution in [0, 0.1) is 17.6 Å². The van der Waals surface area contributed by atoms with Gasteiger partial charge in [0, 0.05) is 0 Å². The van der Waals surface area contributed by atoms with Crippen LogP contribution in [0.25, 0.3) is 11.6 Å². The summed E-state index contributed by atoms with van der Waals surface area (Å²) >= 11 is 0. The van der Waals surface area contributed by atoms with Gasteiger partial charge in [-0.3, -0.25) is 0 Å². The summed E-state index contributed by atoms with van der Waals surface area (Å²) in [5.41, 5.74) is 5.21. The monoisotopic (exact) mass is 380 g/mol. The number of hydrogen-bond acceptors (Lipinski definition) is 0. The molecule has 0 aromatic heterocycles.